The molecule has 0 saturated heterocycles. The van der Waals surface area contributed by atoms with E-state index in [4.69, 9.17) is 9.84 Å². The van der Waals surface area contributed by atoms with Crippen molar-refractivity contribution in [2.75, 3.05) is 7.11 Å². The maximum atomic E-state index is 11.1. The molecule has 21 heavy (non-hydrogen) atoms. The maximum absolute atomic E-state index is 11.1. The van der Waals surface area contributed by atoms with Gasteiger partial charge in [0.1, 0.15) is 11.3 Å². The average molecular weight is 288 g/mol. The largest absolute Gasteiger partial charge is 0.496 e. The second-order valence-electron chi connectivity index (χ2n) is 5.00. The molecule has 2 rings (SSSR count). The van der Waals surface area contributed by atoms with Crippen LogP contribution in [-0.2, 0) is 13.0 Å². The van der Waals surface area contributed by atoms with Gasteiger partial charge in [0.05, 0.1) is 19.3 Å². The van der Waals surface area contributed by atoms with Crippen LogP contribution in [0.1, 0.15) is 39.8 Å². The molecule has 0 aliphatic rings. The highest BCUT2D eigenvalue weighted by Gasteiger charge is 2.13. The second kappa shape index (κ2) is 5.99. The zero-order valence-corrected chi connectivity index (χ0v) is 12.8. The lowest BCUT2D eigenvalue weighted by Crippen LogP contribution is -2.06. The van der Waals surface area contributed by atoms with E-state index < -0.39 is 5.97 Å². The summed E-state index contributed by atoms with van der Waals surface area (Å²) >= 11 is 0. The first-order valence-electron chi connectivity index (χ1n) is 6.91. The third-order valence-corrected chi connectivity index (χ3v) is 3.71. The maximum Gasteiger partial charge on any atom is 0.339 e. The van der Waals surface area contributed by atoms with Gasteiger partial charge in [-0.15, -0.1) is 0 Å². The van der Waals surface area contributed by atoms with Crippen molar-refractivity contribution >= 4 is 5.97 Å². The van der Waals surface area contributed by atoms with Crippen LogP contribution in [-0.4, -0.2) is 28.0 Å². The van der Waals surface area contributed by atoms with E-state index in [1.54, 1.807) is 18.2 Å². The number of hydrogen-bond donors (Lipinski definition) is 1. The van der Waals surface area contributed by atoms with Gasteiger partial charge in [-0.3, -0.25) is 4.68 Å². The fraction of sp³-hybridized carbons (Fsp3) is 0.375. The van der Waals surface area contributed by atoms with Gasteiger partial charge in [-0.25, -0.2) is 4.79 Å². The molecule has 0 radical (unpaired) electrons. The Morgan fingerprint density at radius 1 is 1.38 bits per heavy atom. The second-order valence-corrected chi connectivity index (χ2v) is 5.00. The zero-order chi connectivity index (χ0) is 15.6. The van der Waals surface area contributed by atoms with Gasteiger partial charge in [0.15, 0.2) is 0 Å². The summed E-state index contributed by atoms with van der Waals surface area (Å²) in [6.45, 7) is 6.78. The number of aromatic carboxylic acids is 1. The molecular formula is C16H20N2O3. The molecule has 0 atom stereocenters. The molecule has 0 unspecified atom stereocenters. The fourth-order valence-electron chi connectivity index (χ4n) is 2.58. The number of aryl methyl sites for hydroxylation is 1. The highest BCUT2D eigenvalue weighted by molar-refractivity contribution is 5.90. The minimum Gasteiger partial charge on any atom is -0.496 e. The third-order valence-electron chi connectivity index (χ3n) is 3.71. The highest BCUT2D eigenvalue weighted by Crippen LogP contribution is 2.22. The summed E-state index contributed by atoms with van der Waals surface area (Å²) in [4.78, 5) is 11.1. The molecule has 5 heteroatoms. The van der Waals surface area contributed by atoms with Crippen molar-refractivity contribution in [1.29, 1.82) is 0 Å². The van der Waals surface area contributed by atoms with Crippen LogP contribution in [0.5, 0.6) is 5.75 Å². The summed E-state index contributed by atoms with van der Waals surface area (Å²) in [5, 5.41) is 13.6. The van der Waals surface area contributed by atoms with Crippen molar-refractivity contribution < 1.29 is 14.6 Å². The predicted octanol–water partition coefficient (Wildman–Crippen LogP) is 2.82. The van der Waals surface area contributed by atoms with Crippen LogP contribution < -0.4 is 4.74 Å². The van der Waals surface area contributed by atoms with Crippen molar-refractivity contribution in [3.05, 3.63) is 46.3 Å². The summed E-state index contributed by atoms with van der Waals surface area (Å²) in [6.07, 6.45) is 0.957. The lowest BCUT2D eigenvalue weighted by Gasteiger charge is -2.09. The van der Waals surface area contributed by atoms with Crippen LogP contribution in [0.4, 0.5) is 0 Å². The number of rotatable bonds is 5. The molecule has 2 aromatic rings. The summed E-state index contributed by atoms with van der Waals surface area (Å²) in [5.74, 6) is -0.616. The topological polar surface area (TPSA) is 64.4 Å². The number of methoxy groups -OCH3 is 1. The Morgan fingerprint density at radius 2 is 2.10 bits per heavy atom. The van der Waals surface area contributed by atoms with E-state index in [9.17, 15) is 4.79 Å². The molecule has 5 nitrogen and oxygen atoms in total. The number of carboxylic acid groups (broad SMARTS) is 1. The van der Waals surface area contributed by atoms with Crippen molar-refractivity contribution in [3.8, 4) is 5.75 Å². The quantitative estimate of drug-likeness (QED) is 0.919. The monoisotopic (exact) mass is 288 g/mol. The van der Waals surface area contributed by atoms with Crippen molar-refractivity contribution in [2.45, 2.75) is 33.7 Å². The van der Waals surface area contributed by atoms with E-state index in [0.29, 0.717) is 12.3 Å². The number of carbonyl (C=O) groups is 1. The highest BCUT2D eigenvalue weighted by atomic mass is 16.5. The summed E-state index contributed by atoms with van der Waals surface area (Å²) in [6, 6.07) is 5.13. The van der Waals surface area contributed by atoms with Gasteiger partial charge in [-0.1, -0.05) is 13.0 Å². The SMILES string of the molecule is CCc1c(C)nn(Cc2ccc(C(=O)O)c(OC)c2)c1C. The van der Waals surface area contributed by atoms with E-state index in [1.165, 1.54) is 12.7 Å². The number of ether oxygens (including phenoxy) is 1. The smallest absolute Gasteiger partial charge is 0.339 e. The molecule has 1 heterocycles. The van der Waals surface area contributed by atoms with Crippen molar-refractivity contribution in [2.24, 2.45) is 0 Å². The Balaban J connectivity index is 2.34. The minimum absolute atomic E-state index is 0.170. The van der Waals surface area contributed by atoms with Crippen LogP contribution in [0, 0.1) is 13.8 Å². The summed E-state index contributed by atoms with van der Waals surface area (Å²) in [7, 11) is 1.48. The van der Waals surface area contributed by atoms with Crippen molar-refractivity contribution in [3.63, 3.8) is 0 Å². The van der Waals surface area contributed by atoms with Gasteiger partial charge in [0.25, 0.3) is 0 Å². The average Bonchev–Trinajstić information content (AvgIpc) is 2.72. The number of nitrogens with zero attached hydrogens (tertiary/aromatic N) is 2. The van der Waals surface area contributed by atoms with Gasteiger partial charge in [0.2, 0.25) is 0 Å². The molecular weight excluding hydrogens is 268 g/mol. The molecule has 0 fully saturated rings. The van der Waals surface area contributed by atoms with Crippen molar-refractivity contribution in [1.82, 2.24) is 9.78 Å². The molecule has 1 aromatic carbocycles. The first kappa shape index (κ1) is 15.1. The number of hydrogen-bond acceptors (Lipinski definition) is 3. The Bertz CT molecular complexity index is 674. The normalized spacial score (nSPS) is 10.7. The molecule has 1 aromatic heterocycles. The molecule has 112 valence electrons. The third kappa shape index (κ3) is 2.91. The zero-order valence-electron chi connectivity index (χ0n) is 12.8. The van der Waals surface area contributed by atoms with Crippen LogP contribution in [0.3, 0.4) is 0 Å². The number of carboxylic acids is 1. The van der Waals surface area contributed by atoms with Crippen LogP contribution >= 0.6 is 0 Å². The summed E-state index contributed by atoms with van der Waals surface area (Å²) < 4.78 is 7.10. The van der Waals surface area contributed by atoms with E-state index in [1.807, 2.05) is 11.6 Å². The predicted molar refractivity (Wildman–Crippen MR) is 80.1 cm³/mol. The number of aromatic nitrogens is 2. The van der Waals surface area contributed by atoms with Gasteiger partial charge < -0.3 is 9.84 Å². The molecule has 0 aliphatic heterocycles. The Labute approximate surface area is 124 Å². The Hall–Kier alpha value is -2.30. The van der Waals surface area contributed by atoms with Crippen LogP contribution in [0.25, 0.3) is 0 Å². The Kier molecular flexibility index (Phi) is 4.31. The van der Waals surface area contributed by atoms with Gasteiger partial charge in [-0.05, 0) is 43.5 Å². The standard InChI is InChI=1S/C16H20N2O3/c1-5-13-10(2)17-18(11(13)3)9-12-6-7-14(16(19)20)15(8-12)21-4/h6-8H,5,9H2,1-4H3,(H,19,20). The molecule has 0 aliphatic carbocycles. The molecule has 0 amide bonds. The van der Waals surface area contributed by atoms with Gasteiger partial charge in [0, 0.05) is 5.69 Å². The lowest BCUT2D eigenvalue weighted by atomic mass is 10.1. The number of benzene rings is 1. The van der Waals surface area contributed by atoms with Crippen LogP contribution in [0.15, 0.2) is 18.2 Å². The lowest BCUT2D eigenvalue weighted by molar-refractivity contribution is 0.0693. The van der Waals surface area contributed by atoms with Gasteiger partial charge >= 0.3 is 5.97 Å². The molecule has 0 bridgehead atoms. The molecule has 0 spiro atoms. The molecule has 1 N–H and O–H groups in total. The fourth-order valence-corrected chi connectivity index (χ4v) is 2.58. The first-order chi connectivity index (χ1) is 9.97. The molecule has 0 saturated carbocycles. The minimum atomic E-state index is -0.988. The van der Waals surface area contributed by atoms with E-state index in [2.05, 4.69) is 18.9 Å². The van der Waals surface area contributed by atoms with E-state index >= 15 is 0 Å². The van der Waals surface area contributed by atoms with E-state index in [-0.39, 0.29) is 5.56 Å². The first-order valence-corrected chi connectivity index (χ1v) is 6.91. The summed E-state index contributed by atoms with van der Waals surface area (Å²) in [5.41, 5.74) is 4.60. The Morgan fingerprint density at radius 3 is 2.62 bits per heavy atom. The van der Waals surface area contributed by atoms with Crippen LogP contribution in [0.2, 0.25) is 0 Å². The van der Waals surface area contributed by atoms with Gasteiger partial charge in [-0.2, -0.15) is 5.10 Å². The van der Waals surface area contributed by atoms with E-state index in [0.717, 1.165) is 23.4 Å².